The molecular weight excluding hydrogens is 445 g/mol. The largest absolute Gasteiger partial charge is 0.573 e. The Bertz CT molecular complexity index is 1080. The van der Waals surface area contributed by atoms with E-state index in [0.29, 0.717) is 24.3 Å². The number of allylic oxidation sites excluding steroid dienone is 1. The number of nitrogens with one attached hydrogen (secondary N) is 1. The van der Waals surface area contributed by atoms with Crippen LogP contribution in [0.25, 0.3) is 11.1 Å². The molecule has 1 aliphatic heterocycles. The summed E-state index contributed by atoms with van der Waals surface area (Å²) in [5.41, 5.74) is 4.00. The number of alkyl halides is 3. The molecule has 0 aromatic heterocycles. The molecule has 2 aromatic rings. The number of unbranched alkanes of at least 4 members (excludes halogenated alkanes) is 1. The third-order valence-corrected chi connectivity index (χ3v) is 5.24. The molecule has 5 nitrogen and oxygen atoms in total. The van der Waals surface area contributed by atoms with Crippen molar-refractivity contribution in [1.29, 1.82) is 0 Å². The van der Waals surface area contributed by atoms with Crippen molar-refractivity contribution >= 4 is 11.6 Å². The number of fused-ring (bicyclic) bond motifs is 1. The van der Waals surface area contributed by atoms with Crippen LogP contribution in [0.5, 0.6) is 11.5 Å². The third-order valence-electron chi connectivity index (χ3n) is 5.24. The highest BCUT2D eigenvalue weighted by Crippen LogP contribution is 2.45. The van der Waals surface area contributed by atoms with Crippen molar-refractivity contribution in [2.45, 2.75) is 39.1 Å². The van der Waals surface area contributed by atoms with Crippen LogP contribution in [0, 0.1) is 0 Å². The highest BCUT2D eigenvalue weighted by Gasteiger charge is 2.31. The summed E-state index contributed by atoms with van der Waals surface area (Å²) >= 11 is 0. The van der Waals surface area contributed by atoms with Crippen molar-refractivity contribution in [3.8, 4) is 22.6 Å². The summed E-state index contributed by atoms with van der Waals surface area (Å²) < 4.78 is 47.6. The van der Waals surface area contributed by atoms with E-state index >= 15 is 0 Å². The molecular formula is C26H27F3N2O3. The molecule has 0 aliphatic carbocycles. The van der Waals surface area contributed by atoms with Gasteiger partial charge in [-0.1, -0.05) is 44.7 Å². The minimum Gasteiger partial charge on any atom is -0.492 e. The van der Waals surface area contributed by atoms with E-state index in [-0.39, 0.29) is 18.2 Å². The molecule has 1 aliphatic rings. The summed E-state index contributed by atoms with van der Waals surface area (Å²) in [6, 6.07) is 7.52. The highest BCUT2D eigenvalue weighted by molar-refractivity contribution is 5.87. The number of hydrogen-bond acceptors (Lipinski definition) is 4. The number of halogens is 3. The Kier molecular flexibility index (Phi) is 8.04. The quantitative estimate of drug-likeness (QED) is 0.415. The van der Waals surface area contributed by atoms with Gasteiger partial charge in [-0.3, -0.25) is 4.79 Å². The molecule has 180 valence electrons. The summed E-state index contributed by atoms with van der Waals surface area (Å²) in [4.78, 5) is 13.8. The zero-order valence-corrected chi connectivity index (χ0v) is 19.0. The molecule has 3 rings (SSSR count). The first-order chi connectivity index (χ1) is 16.3. The number of nitrogens with zero attached hydrogens (tertiary/aromatic N) is 1. The number of anilines is 1. The molecule has 0 bridgehead atoms. The first-order valence-corrected chi connectivity index (χ1v) is 10.9. The van der Waals surface area contributed by atoms with E-state index in [1.807, 2.05) is 23.2 Å². The predicted octanol–water partition coefficient (Wildman–Crippen LogP) is 6.25. The standard InChI is InChI=1S/C26H27F3N2O3/c1-4-7-8-14-31(6-3)24-19(17-30-23(32)5-2)16-22(25-21(24)13-15-33-25)18-9-11-20(12-10-18)34-26(27,28)29/h5-6,8-12,14,16H,2-4,7,13,15,17H2,1H3,(H,30,32)/b14-8-. The number of amides is 1. The molecule has 8 heteroatoms. The molecule has 1 heterocycles. The molecule has 0 radical (unpaired) electrons. The van der Waals surface area contributed by atoms with Crippen molar-refractivity contribution < 1.29 is 27.4 Å². The fourth-order valence-electron chi connectivity index (χ4n) is 3.77. The molecule has 0 saturated heterocycles. The molecule has 2 aromatic carbocycles. The lowest BCUT2D eigenvalue weighted by Crippen LogP contribution is -2.22. The second-order valence-electron chi connectivity index (χ2n) is 7.60. The number of hydrogen-bond donors (Lipinski definition) is 1. The van der Waals surface area contributed by atoms with E-state index in [4.69, 9.17) is 4.74 Å². The van der Waals surface area contributed by atoms with Crippen molar-refractivity contribution in [2.75, 3.05) is 11.5 Å². The molecule has 34 heavy (non-hydrogen) atoms. The smallest absolute Gasteiger partial charge is 0.492 e. The zero-order valence-electron chi connectivity index (χ0n) is 19.0. The predicted molar refractivity (Wildman–Crippen MR) is 127 cm³/mol. The van der Waals surface area contributed by atoms with Crippen molar-refractivity contribution in [3.05, 3.63) is 79.2 Å². The van der Waals surface area contributed by atoms with Crippen LogP contribution in [0.4, 0.5) is 18.9 Å². The van der Waals surface area contributed by atoms with Crippen LogP contribution >= 0.6 is 0 Å². The summed E-state index contributed by atoms with van der Waals surface area (Å²) in [6.07, 6.45) is 4.65. The number of rotatable bonds is 10. The molecule has 0 unspecified atom stereocenters. The van der Waals surface area contributed by atoms with Gasteiger partial charge in [-0.25, -0.2) is 0 Å². The fourth-order valence-corrected chi connectivity index (χ4v) is 3.77. The first-order valence-electron chi connectivity index (χ1n) is 10.9. The Morgan fingerprint density at radius 2 is 2.00 bits per heavy atom. The Morgan fingerprint density at radius 1 is 1.26 bits per heavy atom. The first kappa shape index (κ1) is 25.0. The van der Waals surface area contributed by atoms with Crippen LogP contribution in [0.2, 0.25) is 0 Å². The van der Waals surface area contributed by atoms with Gasteiger partial charge in [0.05, 0.1) is 12.3 Å². The van der Waals surface area contributed by atoms with Crippen LogP contribution in [-0.2, 0) is 17.8 Å². The summed E-state index contributed by atoms with van der Waals surface area (Å²) in [6.45, 7) is 10.2. The highest BCUT2D eigenvalue weighted by atomic mass is 19.4. The van der Waals surface area contributed by atoms with E-state index in [9.17, 15) is 18.0 Å². The lowest BCUT2D eigenvalue weighted by molar-refractivity contribution is -0.274. The van der Waals surface area contributed by atoms with Gasteiger partial charge in [-0.15, -0.1) is 13.2 Å². The Hall–Kier alpha value is -3.68. The van der Waals surface area contributed by atoms with Crippen molar-refractivity contribution in [2.24, 2.45) is 0 Å². The van der Waals surface area contributed by atoms with Crippen LogP contribution < -0.4 is 19.7 Å². The number of benzene rings is 2. The van der Waals surface area contributed by atoms with E-state index in [1.54, 1.807) is 18.3 Å². The number of carbonyl (C=O) groups is 1. The Morgan fingerprint density at radius 3 is 2.62 bits per heavy atom. The zero-order chi connectivity index (χ0) is 24.7. The second-order valence-corrected chi connectivity index (χ2v) is 7.60. The monoisotopic (exact) mass is 472 g/mol. The van der Waals surface area contributed by atoms with Gasteiger partial charge < -0.3 is 19.7 Å². The topological polar surface area (TPSA) is 50.8 Å². The third kappa shape index (κ3) is 6.01. The van der Waals surface area contributed by atoms with Crippen LogP contribution in [0.3, 0.4) is 0 Å². The average molecular weight is 473 g/mol. The van der Waals surface area contributed by atoms with Gasteiger partial charge in [0.2, 0.25) is 5.91 Å². The Balaban J connectivity index is 2.10. The van der Waals surface area contributed by atoms with Crippen LogP contribution in [0.15, 0.2) is 68.0 Å². The van der Waals surface area contributed by atoms with Gasteiger partial charge in [-0.05, 0) is 41.8 Å². The van der Waals surface area contributed by atoms with Gasteiger partial charge in [0, 0.05) is 36.5 Å². The van der Waals surface area contributed by atoms with Gasteiger partial charge in [-0.2, -0.15) is 0 Å². The molecule has 0 spiro atoms. The Labute approximate surface area is 197 Å². The van der Waals surface area contributed by atoms with Crippen molar-refractivity contribution in [1.82, 2.24) is 5.32 Å². The van der Waals surface area contributed by atoms with Gasteiger partial charge in [0.15, 0.2) is 0 Å². The second kappa shape index (κ2) is 11.0. The SMILES string of the molecule is C=CC(=O)NCc1cc(-c2ccc(OC(F)(F)F)cc2)c2c(c1N(C=C)/C=C\CCC)CCO2. The summed E-state index contributed by atoms with van der Waals surface area (Å²) in [5.74, 6) is 0.0430. The van der Waals surface area contributed by atoms with Gasteiger partial charge >= 0.3 is 6.36 Å². The maximum absolute atomic E-state index is 12.5. The molecule has 0 atom stereocenters. The molecule has 0 fully saturated rings. The number of carbonyl (C=O) groups excluding carboxylic acids is 1. The summed E-state index contributed by atoms with van der Waals surface area (Å²) in [7, 11) is 0. The van der Waals surface area contributed by atoms with E-state index in [1.165, 1.54) is 18.2 Å². The maximum atomic E-state index is 12.5. The lowest BCUT2D eigenvalue weighted by Gasteiger charge is -2.24. The fraction of sp³-hybridized carbons (Fsp3) is 0.269. The summed E-state index contributed by atoms with van der Waals surface area (Å²) in [5, 5.41) is 2.81. The van der Waals surface area contributed by atoms with Crippen LogP contribution in [-0.4, -0.2) is 18.9 Å². The molecule has 1 N–H and O–H groups in total. The molecule has 0 saturated carbocycles. The van der Waals surface area contributed by atoms with E-state index < -0.39 is 6.36 Å². The molecule has 1 amide bonds. The van der Waals surface area contributed by atoms with E-state index in [2.05, 4.69) is 30.1 Å². The minimum absolute atomic E-state index is 0.224. The number of ether oxygens (including phenoxy) is 2. The van der Waals surface area contributed by atoms with Crippen molar-refractivity contribution in [3.63, 3.8) is 0 Å². The van der Waals surface area contributed by atoms with E-state index in [0.717, 1.165) is 35.2 Å². The lowest BCUT2D eigenvalue weighted by atomic mass is 9.95. The van der Waals surface area contributed by atoms with Crippen LogP contribution in [0.1, 0.15) is 30.9 Å². The normalized spacial score (nSPS) is 12.7. The average Bonchev–Trinajstić information content (AvgIpc) is 3.29. The minimum atomic E-state index is -4.76. The maximum Gasteiger partial charge on any atom is 0.573 e. The van der Waals surface area contributed by atoms with Gasteiger partial charge in [0.1, 0.15) is 11.5 Å². The van der Waals surface area contributed by atoms with Gasteiger partial charge in [0.25, 0.3) is 0 Å².